The van der Waals surface area contributed by atoms with Gasteiger partial charge in [-0.3, -0.25) is 4.79 Å². The fourth-order valence-electron chi connectivity index (χ4n) is 1.58. The van der Waals surface area contributed by atoms with Gasteiger partial charge in [-0.15, -0.1) is 0 Å². The van der Waals surface area contributed by atoms with Crippen molar-refractivity contribution < 1.29 is 18.3 Å². The molecule has 21 heavy (non-hydrogen) atoms. The summed E-state index contributed by atoms with van der Waals surface area (Å²) in [5.41, 5.74) is 6.15. The fraction of sp³-hybridized carbons (Fsp3) is 0.0714. The van der Waals surface area contributed by atoms with Gasteiger partial charge in [0.2, 0.25) is 0 Å². The summed E-state index contributed by atoms with van der Waals surface area (Å²) in [6.07, 6.45) is 0. The Morgan fingerprint density at radius 2 is 2.05 bits per heavy atom. The normalized spacial score (nSPS) is 10.2. The summed E-state index contributed by atoms with van der Waals surface area (Å²) in [5.74, 6) is -1.47. The number of ether oxygens (including phenoxy) is 1. The van der Waals surface area contributed by atoms with Crippen LogP contribution in [0.25, 0.3) is 0 Å². The van der Waals surface area contributed by atoms with Gasteiger partial charge in [0.15, 0.2) is 6.61 Å². The molecule has 0 saturated carbocycles. The van der Waals surface area contributed by atoms with E-state index in [4.69, 9.17) is 10.5 Å². The van der Waals surface area contributed by atoms with Crippen LogP contribution in [0.5, 0.6) is 5.75 Å². The topological polar surface area (TPSA) is 64.3 Å². The van der Waals surface area contributed by atoms with Crippen molar-refractivity contribution in [3.05, 3.63) is 52.5 Å². The summed E-state index contributed by atoms with van der Waals surface area (Å²) in [4.78, 5) is 11.7. The average molecular weight is 357 g/mol. The number of hydrogen-bond acceptors (Lipinski definition) is 3. The first-order valence-corrected chi connectivity index (χ1v) is 6.68. The van der Waals surface area contributed by atoms with Gasteiger partial charge in [-0.1, -0.05) is 6.07 Å². The SMILES string of the molecule is Nc1cc(Br)c(F)cc1OCC(=O)Nc1cccc(F)c1. The number of rotatable bonds is 4. The van der Waals surface area contributed by atoms with Crippen molar-refractivity contribution in [2.24, 2.45) is 0 Å². The molecule has 1 amide bonds. The lowest BCUT2D eigenvalue weighted by Gasteiger charge is -2.10. The molecule has 0 atom stereocenters. The summed E-state index contributed by atoms with van der Waals surface area (Å²) >= 11 is 2.99. The number of nitrogens with one attached hydrogen (secondary N) is 1. The number of nitrogen functional groups attached to an aromatic ring is 1. The minimum atomic E-state index is -0.551. The molecule has 2 aromatic rings. The zero-order valence-corrected chi connectivity index (χ0v) is 12.3. The summed E-state index contributed by atoms with van der Waals surface area (Å²) in [7, 11) is 0. The number of hydrogen-bond donors (Lipinski definition) is 2. The molecule has 0 bridgehead atoms. The Bertz CT molecular complexity index is 680. The Balaban J connectivity index is 1.97. The van der Waals surface area contributed by atoms with Crippen LogP contribution in [0.3, 0.4) is 0 Å². The molecule has 0 fully saturated rings. The molecule has 110 valence electrons. The Hall–Kier alpha value is -2.15. The van der Waals surface area contributed by atoms with E-state index in [0.29, 0.717) is 5.69 Å². The van der Waals surface area contributed by atoms with E-state index < -0.39 is 17.5 Å². The van der Waals surface area contributed by atoms with Crippen molar-refractivity contribution in [3.63, 3.8) is 0 Å². The maximum Gasteiger partial charge on any atom is 0.262 e. The van der Waals surface area contributed by atoms with E-state index in [9.17, 15) is 13.6 Å². The van der Waals surface area contributed by atoms with Crippen LogP contribution in [0.2, 0.25) is 0 Å². The number of amides is 1. The van der Waals surface area contributed by atoms with E-state index >= 15 is 0 Å². The van der Waals surface area contributed by atoms with E-state index in [1.54, 1.807) is 0 Å². The molecule has 0 saturated heterocycles. The summed E-state index contributed by atoms with van der Waals surface area (Å²) in [6, 6.07) is 7.86. The van der Waals surface area contributed by atoms with Crippen molar-refractivity contribution >= 4 is 33.2 Å². The predicted molar refractivity (Wildman–Crippen MR) is 79.0 cm³/mol. The highest BCUT2D eigenvalue weighted by Crippen LogP contribution is 2.28. The van der Waals surface area contributed by atoms with Gasteiger partial charge in [0.05, 0.1) is 10.2 Å². The van der Waals surface area contributed by atoms with E-state index in [-0.39, 0.29) is 22.5 Å². The van der Waals surface area contributed by atoms with Crippen LogP contribution < -0.4 is 15.8 Å². The van der Waals surface area contributed by atoms with Gasteiger partial charge in [-0.05, 0) is 40.2 Å². The van der Waals surface area contributed by atoms with Crippen LogP contribution in [0, 0.1) is 11.6 Å². The lowest BCUT2D eigenvalue weighted by molar-refractivity contribution is -0.118. The van der Waals surface area contributed by atoms with Gasteiger partial charge < -0.3 is 15.8 Å². The minimum absolute atomic E-state index is 0.0603. The van der Waals surface area contributed by atoms with Crippen LogP contribution in [0.4, 0.5) is 20.2 Å². The predicted octanol–water partition coefficient (Wildman–Crippen LogP) is 3.33. The highest BCUT2D eigenvalue weighted by molar-refractivity contribution is 9.10. The molecule has 2 aromatic carbocycles. The van der Waals surface area contributed by atoms with Gasteiger partial charge in [0.1, 0.15) is 17.4 Å². The molecule has 0 aliphatic rings. The fourth-order valence-corrected chi connectivity index (χ4v) is 1.94. The maximum atomic E-state index is 13.4. The zero-order valence-electron chi connectivity index (χ0n) is 10.7. The van der Waals surface area contributed by atoms with E-state index in [0.717, 1.165) is 6.07 Å². The molecule has 2 rings (SSSR count). The molecule has 0 spiro atoms. The quantitative estimate of drug-likeness (QED) is 0.825. The Morgan fingerprint density at radius 3 is 2.76 bits per heavy atom. The third-order valence-corrected chi connectivity index (χ3v) is 3.13. The largest absolute Gasteiger partial charge is 0.481 e. The molecule has 0 heterocycles. The second kappa shape index (κ2) is 6.53. The second-order valence-corrected chi connectivity index (χ2v) is 5.01. The molecule has 0 aromatic heterocycles. The zero-order chi connectivity index (χ0) is 15.4. The number of benzene rings is 2. The number of halogens is 3. The van der Waals surface area contributed by atoms with Crippen molar-refractivity contribution in [1.82, 2.24) is 0 Å². The highest BCUT2D eigenvalue weighted by Gasteiger charge is 2.10. The molecule has 0 aliphatic heterocycles. The minimum Gasteiger partial charge on any atom is -0.481 e. The third-order valence-electron chi connectivity index (χ3n) is 2.52. The molecule has 0 radical (unpaired) electrons. The second-order valence-electron chi connectivity index (χ2n) is 4.15. The lowest BCUT2D eigenvalue weighted by Crippen LogP contribution is -2.20. The lowest BCUT2D eigenvalue weighted by atomic mass is 10.3. The number of nitrogens with two attached hydrogens (primary N) is 1. The van der Waals surface area contributed by atoms with E-state index in [2.05, 4.69) is 21.2 Å². The van der Waals surface area contributed by atoms with Crippen molar-refractivity contribution in [2.45, 2.75) is 0 Å². The molecule has 7 heteroatoms. The van der Waals surface area contributed by atoms with Crippen molar-refractivity contribution in [2.75, 3.05) is 17.7 Å². The van der Waals surface area contributed by atoms with Crippen LogP contribution in [-0.2, 0) is 4.79 Å². The van der Waals surface area contributed by atoms with Gasteiger partial charge in [-0.25, -0.2) is 8.78 Å². The summed E-state index contributed by atoms with van der Waals surface area (Å²) in [6.45, 7) is -0.373. The molecule has 0 unspecified atom stereocenters. The van der Waals surface area contributed by atoms with Gasteiger partial charge in [0.25, 0.3) is 5.91 Å². The van der Waals surface area contributed by atoms with Crippen molar-refractivity contribution in [3.8, 4) is 5.75 Å². The smallest absolute Gasteiger partial charge is 0.262 e. The molecular weight excluding hydrogens is 346 g/mol. The monoisotopic (exact) mass is 356 g/mol. The van der Waals surface area contributed by atoms with Gasteiger partial charge in [0, 0.05) is 11.8 Å². The van der Waals surface area contributed by atoms with E-state index in [1.807, 2.05) is 0 Å². The van der Waals surface area contributed by atoms with Crippen LogP contribution in [-0.4, -0.2) is 12.5 Å². The standard InChI is InChI=1S/C14H11BrF2N2O2/c15-10-5-12(18)13(6-11(10)17)21-7-14(20)19-9-3-1-2-8(16)4-9/h1-6H,7,18H2,(H,19,20). The first-order chi connectivity index (χ1) is 9.95. The van der Waals surface area contributed by atoms with Crippen LogP contribution in [0.15, 0.2) is 40.9 Å². The van der Waals surface area contributed by atoms with Crippen molar-refractivity contribution in [1.29, 1.82) is 0 Å². The third kappa shape index (κ3) is 4.16. The Kier molecular flexibility index (Phi) is 4.74. The number of carbonyl (C=O) groups is 1. The van der Waals surface area contributed by atoms with Crippen LogP contribution >= 0.6 is 15.9 Å². The summed E-state index contributed by atoms with van der Waals surface area (Å²) < 4.78 is 31.7. The maximum absolute atomic E-state index is 13.4. The highest BCUT2D eigenvalue weighted by atomic mass is 79.9. The Morgan fingerprint density at radius 1 is 1.29 bits per heavy atom. The molecular formula is C14H11BrF2N2O2. The number of carbonyl (C=O) groups excluding carboxylic acids is 1. The molecule has 0 aliphatic carbocycles. The van der Waals surface area contributed by atoms with Gasteiger partial charge >= 0.3 is 0 Å². The molecule has 4 nitrogen and oxygen atoms in total. The number of anilines is 2. The molecule has 3 N–H and O–H groups in total. The average Bonchev–Trinajstić information content (AvgIpc) is 2.41. The van der Waals surface area contributed by atoms with Crippen LogP contribution in [0.1, 0.15) is 0 Å². The first kappa shape index (κ1) is 15.2. The first-order valence-electron chi connectivity index (χ1n) is 5.88. The van der Waals surface area contributed by atoms with Gasteiger partial charge in [-0.2, -0.15) is 0 Å². The van der Waals surface area contributed by atoms with E-state index in [1.165, 1.54) is 30.3 Å². The Labute approximate surface area is 128 Å². The summed E-state index contributed by atoms with van der Waals surface area (Å²) in [5, 5.41) is 2.45.